The fourth-order valence-corrected chi connectivity index (χ4v) is 4.77. The van der Waals surface area contributed by atoms with Crippen LogP contribution in [0.25, 0.3) is 0 Å². The minimum atomic E-state index is -0.709. The summed E-state index contributed by atoms with van der Waals surface area (Å²) in [5, 5.41) is 7.18. The first-order valence-electron chi connectivity index (χ1n) is 10.2. The molecule has 0 radical (unpaired) electrons. The van der Waals surface area contributed by atoms with Crippen LogP contribution in [-0.2, 0) is 10.8 Å². The molecule has 28 heavy (non-hydrogen) atoms. The van der Waals surface area contributed by atoms with Gasteiger partial charge in [-0.15, -0.1) is 24.0 Å². The Morgan fingerprint density at radius 3 is 2.75 bits per heavy atom. The summed E-state index contributed by atoms with van der Waals surface area (Å²) in [5.74, 6) is 2.49. The van der Waals surface area contributed by atoms with Crippen LogP contribution in [0.5, 0.6) is 5.75 Å². The molecule has 0 heterocycles. The van der Waals surface area contributed by atoms with Crippen molar-refractivity contribution in [1.29, 1.82) is 0 Å². The zero-order valence-electron chi connectivity index (χ0n) is 17.6. The van der Waals surface area contributed by atoms with Crippen LogP contribution in [0.2, 0.25) is 0 Å². The lowest BCUT2D eigenvalue weighted by Gasteiger charge is -2.30. The summed E-state index contributed by atoms with van der Waals surface area (Å²) in [7, 11) is -0.709. The van der Waals surface area contributed by atoms with Crippen LogP contribution in [0.15, 0.2) is 29.3 Å². The van der Waals surface area contributed by atoms with Crippen molar-refractivity contribution >= 4 is 40.7 Å². The van der Waals surface area contributed by atoms with Crippen LogP contribution >= 0.6 is 24.0 Å². The van der Waals surface area contributed by atoms with Gasteiger partial charge in [0.15, 0.2) is 5.96 Å². The van der Waals surface area contributed by atoms with E-state index in [0.717, 1.165) is 55.3 Å². The van der Waals surface area contributed by atoms with Gasteiger partial charge in [-0.05, 0) is 51.7 Å². The predicted molar refractivity (Wildman–Crippen MR) is 131 cm³/mol. The molecule has 1 aliphatic rings. The highest BCUT2D eigenvalue weighted by molar-refractivity contribution is 14.0. The zero-order chi connectivity index (χ0) is 19.6. The van der Waals surface area contributed by atoms with Crippen LogP contribution in [0.3, 0.4) is 0 Å². The molecule has 4 unspecified atom stereocenters. The summed E-state index contributed by atoms with van der Waals surface area (Å²) in [6, 6.07) is 8.39. The number of benzene rings is 1. The van der Waals surface area contributed by atoms with Crippen LogP contribution < -0.4 is 15.4 Å². The Kier molecular flexibility index (Phi) is 12.1. The molecule has 2 N–H and O–H groups in total. The average Bonchev–Trinajstić information content (AvgIpc) is 2.67. The van der Waals surface area contributed by atoms with E-state index >= 15 is 0 Å². The molecule has 1 fully saturated rings. The van der Waals surface area contributed by atoms with Crippen molar-refractivity contribution in [1.82, 2.24) is 10.6 Å². The number of aryl methyl sites for hydroxylation is 1. The summed E-state index contributed by atoms with van der Waals surface area (Å²) >= 11 is 0. The molecule has 0 aromatic heterocycles. The molecule has 0 bridgehead atoms. The highest BCUT2D eigenvalue weighted by Gasteiger charge is 2.26. The standard InChI is InChI=1S/C21H35N3O2S.HI/c1-5-22-21(24-18-11-9-12-19(14-18)27(25)6-2)23-15-17(4)26-20-13-8-7-10-16(20)3;/h7-8,10,13,17-19H,5-6,9,11-12,14-15H2,1-4H3,(H2,22,23,24);1H. The van der Waals surface area contributed by atoms with E-state index in [2.05, 4.69) is 30.5 Å². The maximum Gasteiger partial charge on any atom is 0.191 e. The first-order chi connectivity index (χ1) is 13.0. The second-order valence-electron chi connectivity index (χ2n) is 7.21. The second kappa shape index (κ2) is 13.4. The van der Waals surface area contributed by atoms with E-state index < -0.39 is 10.8 Å². The number of para-hydroxylation sites is 1. The van der Waals surface area contributed by atoms with E-state index in [0.29, 0.717) is 17.8 Å². The molecular formula is C21H36IN3O2S. The van der Waals surface area contributed by atoms with Gasteiger partial charge in [-0.1, -0.05) is 31.5 Å². The van der Waals surface area contributed by atoms with Crippen molar-refractivity contribution in [2.45, 2.75) is 70.8 Å². The molecule has 4 atom stereocenters. The lowest BCUT2D eigenvalue weighted by atomic mass is 9.95. The van der Waals surface area contributed by atoms with E-state index in [1.807, 2.05) is 32.0 Å². The number of halogens is 1. The average molecular weight is 522 g/mol. The fraction of sp³-hybridized carbons (Fsp3) is 0.667. The normalized spacial score (nSPS) is 21.9. The topological polar surface area (TPSA) is 62.7 Å². The monoisotopic (exact) mass is 521 g/mol. The third-order valence-electron chi connectivity index (χ3n) is 4.90. The first kappa shape index (κ1) is 25.2. The summed E-state index contributed by atoms with van der Waals surface area (Å²) < 4.78 is 18.2. The summed E-state index contributed by atoms with van der Waals surface area (Å²) in [5.41, 5.74) is 1.13. The molecule has 1 aliphatic carbocycles. The Bertz CT molecular complexity index is 642. The molecule has 1 aromatic rings. The molecule has 160 valence electrons. The third-order valence-corrected chi connectivity index (χ3v) is 6.64. The number of hydrogen-bond donors (Lipinski definition) is 2. The van der Waals surface area contributed by atoms with E-state index in [1.165, 1.54) is 0 Å². The van der Waals surface area contributed by atoms with Gasteiger partial charge in [0.25, 0.3) is 0 Å². The van der Waals surface area contributed by atoms with Crippen LogP contribution in [0.1, 0.15) is 52.0 Å². The smallest absolute Gasteiger partial charge is 0.191 e. The molecule has 0 saturated heterocycles. The van der Waals surface area contributed by atoms with Crippen molar-refractivity contribution in [2.75, 3.05) is 18.8 Å². The van der Waals surface area contributed by atoms with Gasteiger partial charge < -0.3 is 15.4 Å². The number of nitrogens with zero attached hydrogens (tertiary/aromatic N) is 1. The zero-order valence-corrected chi connectivity index (χ0v) is 20.7. The third kappa shape index (κ3) is 8.27. The largest absolute Gasteiger partial charge is 0.489 e. The van der Waals surface area contributed by atoms with E-state index in [9.17, 15) is 4.21 Å². The predicted octanol–water partition coefficient (Wildman–Crippen LogP) is 4.02. The number of aliphatic imine (C=N–C) groups is 1. The number of hydrogen-bond acceptors (Lipinski definition) is 3. The molecule has 0 amide bonds. The van der Waals surface area contributed by atoms with Gasteiger partial charge in [0.2, 0.25) is 0 Å². The second-order valence-corrected chi connectivity index (χ2v) is 9.22. The van der Waals surface area contributed by atoms with E-state index in [-0.39, 0.29) is 30.1 Å². The van der Waals surface area contributed by atoms with Gasteiger partial charge in [0, 0.05) is 34.4 Å². The maximum absolute atomic E-state index is 12.2. The van der Waals surface area contributed by atoms with Crippen molar-refractivity contribution < 1.29 is 8.95 Å². The Balaban J connectivity index is 0.00000392. The van der Waals surface area contributed by atoms with Crippen LogP contribution in [0, 0.1) is 6.92 Å². The van der Waals surface area contributed by atoms with Crippen molar-refractivity contribution in [3.63, 3.8) is 0 Å². The quantitative estimate of drug-likeness (QED) is 0.308. The van der Waals surface area contributed by atoms with Crippen molar-refractivity contribution in [3.05, 3.63) is 29.8 Å². The van der Waals surface area contributed by atoms with Crippen LogP contribution in [0.4, 0.5) is 0 Å². The Morgan fingerprint density at radius 1 is 1.32 bits per heavy atom. The number of rotatable bonds is 8. The van der Waals surface area contributed by atoms with Gasteiger partial charge in [-0.3, -0.25) is 4.21 Å². The molecule has 1 saturated carbocycles. The molecule has 7 heteroatoms. The molecule has 5 nitrogen and oxygen atoms in total. The highest BCUT2D eigenvalue weighted by Crippen LogP contribution is 2.23. The first-order valence-corrected chi connectivity index (χ1v) is 11.6. The minimum Gasteiger partial charge on any atom is -0.489 e. The van der Waals surface area contributed by atoms with Gasteiger partial charge in [0.1, 0.15) is 11.9 Å². The lowest BCUT2D eigenvalue weighted by molar-refractivity contribution is 0.228. The van der Waals surface area contributed by atoms with Gasteiger partial charge in [0.05, 0.1) is 6.54 Å². The SMILES string of the molecule is CCNC(=NCC(C)Oc1ccccc1C)NC1CCCC(S(=O)CC)C1.I. The lowest BCUT2D eigenvalue weighted by Crippen LogP contribution is -2.47. The number of nitrogens with one attached hydrogen (secondary N) is 2. The Labute approximate surface area is 190 Å². The highest BCUT2D eigenvalue weighted by atomic mass is 127. The van der Waals surface area contributed by atoms with Crippen molar-refractivity contribution in [2.24, 2.45) is 4.99 Å². The Morgan fingerprint density at radius 2 is 2.07 bits per heavy atom. The molecule has 0 spiro atoms. The molecule has 1 aromatic carbocycles. The van der Waals surface area contributed by atoms with Crippen molar-refractivity contribution in [3.8, 4) is 5.75 Å². The van der Waals surface area contributed by atoms with E-state index in [1.54, 1.807) is 0 Å². The Hall–Kier alpha value is -0.830. The van der Waals surface area contributed by atoms with E-state index in [4.69, 9.17) is 9.73 Å². The maximum atomic E-state index is 12.2. The fourth-order valence-electron chi connectivity index (χ4n) is 3.43. The minimum absolute atomic E-state index is 0. The molecule has 2 rings (SSSR count). The van der Waals surface area contributed by atoms with Gasteiger partial charge >= 0.3 is 0 Å². The molecule has 0 aliphatic heterocycles. The summed E-state index contributed by atoms with van der Waals surface area (Å²) in [4.78, 5) is 4.72. The van der Waals surface area contributed by atoms with Gasteiger partial charge in [-0.25, -0.2) is 4.99 Å². The molecular weight excluding hydrogens is 485 g/mol. The summed E-state index contributed by atoms with van der Waals surface area (Å²) in [6.45, 7) is 9.57. The van der Waals surface area contributed by atoms with Gasteiger partial charge in [-0.2, -0.15) is 0 Å². The van der Waals surface area contributed by atoms with Crippen LogP contribution in [-0.4, -0.2) is 46.4 Å². The number of ether oxygens (including phenoxy) is 1. The summed E-state index contributed by atoms with van der Waals surface area (Å²) in [6.07, 6.45) is 4.26. The number of guanidine groups is 1.